The maximum absolute atomic E-state index is 8.86. The Morgan fingerprint density at radius 2 is 1.80 bits per heavy atom. The Morgan fingerprint density at radius 1 is 1.08 bits per heavy atom. The first-order chi connectivity index (χ1) is 11.6. The van der Waals surface area contributed by atoms with Crippen LogP contribution >= 0.6 is 28.3 Å². The van der Waals surface area contributed by atoms with E-state index in [1.165, 1.54) is 5.56 Å². The molecule has 0 saturated carbocycles. The van der Waals surface area contributed by atoms with Gasteiger partial charge >= 0.3 is 0 Å². The Kier molecular flexibility index (Phi) is 9.90. The van der Waals surface area contributed by atoms with Crippen molar-refractivity contribution in [3.05, 3.63) is 57.6 Å². The SMILES string of the molecule is CCOc1cc(CNCCO)cc(Br)c1OCc1ccc(C)cc1.Cl. The van der Waals surface area contributed by atoms with E-state index >= 15 is 0 Å². The van der Waals surface area contributed by atoms with Crippen molar-refractivity contribution in [1.82, 2.24) is 5.32 Å². The van der Waals surface area contributed by atoms with E-state index in [4.69, 9.17) is 14.6 Å². The van der Waals surface area contributed by atoms with E-state index < -0.39 is 0 Å². The first kappa shape index (κ1) is 21.8. The summed E-state index contributed by atoms with van der Waals surface area (Å²) in [6.07, 6.45) is 0. The zero-order valence-electron chi connectivity index (χ0n) is 14.5. The van der Waals surface area contributed by atoms with Gasteiger partial charge in [-0.2, -0.15) is 0 Å². The maximum Gasteiger partial charge on any atom is 0.175 e. The number of ether oxygens (including phenoxy) is 2. The smallest absolute Gasteiger partial charge is 0.175 e. The Labute approximate surface area is 164 Å². The van der Waals surface area contributed by atoms with Gasteiger partial charge in [0.05, 0.1) is 17.7 Å². The number of aryl methyl sites for hydroxylation is 1. The number of benzene rings is 2. The third-order valence-electron chi connectivity index (χ3n) is 3.49. The van der Waals surface area contributed by atoms with Gasteiger partial charge in [-0.05, 0) is 53.0 Å². The summed E-state index contributed by atoms with van der Waals surface area (Å²) >= 11 is 3.58. The lowest BCUT2D eigenvalue weighted by Gasteiger charge is -2.16. The van der Waals surface area contributed by atoms with Crippen molar-refractivity contribution in [3.63, 3.8) is 0 Å². The van der Waals surface area contributed by atoms with Gasteiger partial charge in [-0.15, -0.1) is 12.4 Å². The molecule has 0 heterocycles. The second kappa shape index (κ2) is 11.4. The van der Waals surface area contributed by atoms with Crippen LogP contribution in [0.3, 0.4) is 0 Å². The molecule has 0 spiro atoms. The Hall–Kier alpha value is -1.27. The second-order valence-electron chi connectivity index (χ2n) is 5.51. The Balaban J connectivity index is 0.00000312. The molecule has 0 saturated heterocycles. The van der Waals surface area contributed by atoms with Crippen LogP contribution in [0.15, 0.2) is 40.9 Å². The van der Waals surface area contributed by atoms with Crippen molar-refractivity contribution >= 4 is 28.3 Å². The maximum atomic E-state index is 8.86. The molecule has 0 bridgehead atoms. The number of nitrogens with one attached hydrogen (secondary N) is 1. The average molecular weight is 431 g/mol. The number of halogens is 2. The number of hydrogen-bond donors (Lipinski definition) is 2. The molecule has 0 aromatic heterocycles. The quantitative estimate of drug-likeness (QED) is 0.584. The molecular weight excluding hydrogens is 406 g/mol. The summed E-state index contributed by atoms with van der Waals surface area (Å²) < 4.78 is 12.6. The molecule has 0 aliphatic heterocycles. The van der Waals surface area contributed by atoms with Crippen LogP contribution in [0.1, 0.15) is 23.6 Å². The number of hydrogen-bond acceptors (Lipinski definition) is 4. The molecule has 2 N–H and O–H groups in total. The summed E-state index contributed by atoms with van der Waals surface area (Å²) in [5, 5.41) is 12.0. The molecule has 0 fully saturated rings. The summed E-state index contributed by atoms with van der Waals surface area (Å²) in [5.41, 5.74) is 3.42. The average Bonchev–Trinajstić information content (AvgIpc) is 2.56. The number of aliphatic hydroxyl groups is 1. The van der Waals surface area contributed by atoms with Gasteiger partial charge in [0, 0.05) is 13.1 Å². The molecule has 0 radical (unpaired) electrons. The van der Waals surface area contributed by atoms with Gasteiger partial charge in [0.1, 0.15) is 6.61 Å². The summed E-state index contributed by atoms with van der Waals surface area (Å²) in [4.78, 5) is 0. The standard InChI is InChI=1S/C19H24BrNO3.ClH/c1-3-23-18-11-16(12-21-8-9-22)10-17(20)19(18)24-13-15-6-4-14(2)5-7-15;/h4-7,10-11,21-22H,3,8-9,12-13H2,1-2H3;1H. The van der Waals surface area contributed by atoms with Gasteiger partial charge in [0.15, 0.2) is 11.5 Å². The highest BCUT2D eigenvalue weighted by atomic mass is 79.9. The zero-order valence-corrected chi connectivity index (χ0v) is 17.0. The fourth-order valence-electron chi connectivity index (χ4n) is 2.28. The number of rotatable bonds is 9. The zero-order chi connectivity index (χ0) is 17.4. The topological polar surface area (TPSA) is 50.7 Å². The molecular formula is C19H25BrClNO3. The predicted octanol–water partition coefficient (Wildman–Crippen LogP) is 4.24. The van der Waals surface area contributed by atoms with Crippen molar-refractivity contribution in [2.45, 2.75) is 27.0 Å². The van der Waals surface area contributed by atoms with Crippen LogP contribution < -0.4 is 14.8 Å². The van der Waals surface area contributed by atoms with Crippen LogP contribution in [-0.4, -0.2) is 24.9 Å². The van der Waals surface area contributed by atoms with E-state index in [0.29, 0.717) is 32.1 Å². The first-order valence-electron chi connectivity index (χ1n) is 8.09. The van der Waals surface area contributed by atoms with Gasteiger partial charge in [-0.1, -0.05) is 29.8 Å². The predicted molar refractivity (Wildman–Crippen MR) is 107 cm³/mol. The van der Waals surface area contributed by atoms with Crippen LogP contribution in [0, 0.1) is 6.92 Å². The highest BCUT2D eigenvalue weighted by Gasteiger charge is 2.12. The minimum atomic E-state index is 0. The molecule has 0 aliphatic rings. The molecule has 2 rings (SSSR count). The fourth-order valence-corrected chi connectivity index (χ4v) is 2.88. The molecule has 0 amide bonds. The lowest BCUT2D eigenvalue weighted by Crippen LogP contribution is -2.17. The van der Waals surface area contributed by atoms with Crippen molar-refractivity contribution in [2.24, 2.45) is 0 Å². The van der Waals surface area contributed by atoms with E-state index in [9.17, 15) is 0 Å². The minimum Gasteiger partial charge on any atom is -0.490 e. The molecule has 0 atom stereocenters. The van der Waals surface area contributed by atoms with E-state index in [2.05, 4.69) is 52.4 Å². The monoisotopic (exact) mass is 429 g/mol. The summed E-state index contributed by atoms with van der Waals surface area (Å²) in [5.74, 6) is 1.43. The van der Waals surface area contributed by atoms with E-state index in [0.717, 1.165) is 21.3 Å². The van der Waals surface area contributed by atoms with Crippen LogP contribution in [0.2, 0.25) is 0 Å². The normalized spacial score (nSPS) is 10.2. The number of aliphatic hydroxyl groups excluding tert-OH is 1. The van der Waals surface area contributed by atoms with E-state index in [1.807, 2.05) is 19.1 Å². The molecule has 4 nitrogen and oxygen atoms in total. The van der Waals surface area contributed by atoms with Crippen molar-refractivity contribution in [1.29, 1.82) is 0 Å². The highest BCUT2D eigenvalue weighted by Crippen LogP contribution is 2.37. The molecule has 0 aliphatic carbocycles. The van der Waals surface area contributed by atoms with Crippen molar-refractivity contribution in [2.75, 3.05) is 19.8 Å². The largest absolute Gasteiger partial charge is 0.490 e. The van der Waals surface area contributed by atoms with E-state index in [-0.39, 0.29) is 19.0 Å². The van der Waals surface area contributed by atoms with Crippen LogP contribution in [-0.2, 0) is 13.2 Å². The lowest BCUT2D eigenvalue weighted by atomic mass is 10.1. The van der Waals surface area contributed by atoms with Gasteiger partial charge in [0.2, 0.25) is 0 Å². The van der Waals surface area contributed by atoms with E-state index in [1.54, 1.807) is 0 Å². The molecule has 2 aromatic carbocycles. The third-order valence-corrected chi connectivity index (χ3v) is 4.08. The molecule has 0 unspecified atom stereocenters. The van der Waals surface area contributed by atoms with Crippen LogP contribution in [0.4, 0.5) is 0 Å². The summed E-state index contributed by atoms with van der Waals surface area (Å²) in [6, 6.07) is 12.3. The molecule has 2 aromatic rings. The van der Waals surface area contributed by atoms with Crippen molar-refractivity contribution in [3.8, 4) is 11.5 Å². The van der Waals surface area contributed by atoms with Crippen molar-refractivity contribution < 1.29 is 14.6 Å². The van der Waals surface area contributed by atoms with Crippen LogP contribution in [0.5, 0.6) is 11.5 Å². The summed E-state index contributed by atoms with van der Waals surface area (Å²) in [6.45, 7) is 6.43. The second-order valence-corrected chi connectivity index (χ2v) is 6.37. The molecule has 25 heavy (non-hydrogen) atoms. The molecule has 6 heteroatoms. The van der Waals surface area contributed by atoms with Gasteiger partial charge < -0.3 is 19.9 Å². The highest BCUT2D eigenvalue weighted by molar-refractivity contribution is 9.10. The first-order valence-corrected chi connectivity index (χ1v) is 8.88. The Bertz CT molecular complexity index is 650. The third kappa shape index (κ3) is 6.86. The van der Waals surface area contributed by atoms with Gasteiger partial charge in [0.25, 0.3) is 0 Å². The van der Waals surface area contributed by atoms with Gasteiger partial charge in [-0.3, -0.25) is 0 Å². The lowest BCUT2D eigenvalue weighted by molar-refractivity contribution is 0.267. The Morgan fingerprint density at radius 3 is 2.44 bits per heavy atom. The molecule has 138 valence electrons. The van der Waals surface area contributed by atoms with Crippen LogP contribution in [0.25, 0.3) is 0 Å². The van der Waals surface area contributed by atoms with Gasteiger partial charge in [-0.25, -0.2) is 0 Å². The minimum absolute atomic E-state index is 0. The fraction of sp³-hybridized carbons (Fsp3) is 0.368. The summed E-state index contributed by atoms with van der Waals surface area (Å²) in [7, 11) is 0.